The van der Waals surface area contributed by atoms with Crippen LogP contribution in [-0.4, -0.2) is 75.4 Å². The number of H-pyrrole nitrogens is 1. The summed E-state index contributed by atoms with van der Waals surface area (Å²) in [5.74, 6) is -5.62. The van der Waals surface area contributed by atoms with E-state index in [4.69, 9.17) is 21.7 Å². The van der Waals surface area contributed by atoms with Crippen LogP contribution in [0.25, 0.3) is 10.9 Å². The molecule has 1 heterocycles. The number of amides is 4. The highest BCUT2D eigenvalue weighted by Crippen LogP contribution is 2.19. The van der Waals surface area contributed by atoms with Gasteiger partial charge in [-0.15, -0.1) is 0 Å². The number of hydrogen-bond acceptors (Lipinski definition) is 7. The molecular weight excluding hydrogens is 488 g/mol. The number of primary amides is 1. The van der Waals surface area contributed by atoms with E-state index >= 15 is 0 Å². The van der Waals surface area contributed by atoms with Crippen molar-refractivity contribution < 1.29 is 39.0 Å². The molecule has 14 nitrogen and oxygen atoms in total. The van der Waals surface area contributed by atoms with Gasteiger partial charge in [-0.3, -0.25) is 28.8 Å². The lowest BCUT2D eigenvalue weighted by Crippen LogP contribution is -2.56. The molecular formula is C23H30N6O8. The molecule has 37 heavy (non-hydrogen) atoms. The van der Waals surface area contributed by atoms with Gasteiger partial charge < -0.3 is 42.6 Å². The maximum absolute atomic E-state index is 13.1. The number of para-hydroxylation sites is 1. The number of aliphatic carboxylic acids is 2. The molecule has 0 fully saturated rings. The number of benzene rings is 1. The van der Waals surface area contributed by atoms with Crippen molar-refractivity contribution in [1.29, 1.82) is 0 Å². The SMILES string of the molecule is NC(=O)CCC(NC(=O)C(N)CCC(=O)O)C(=O)NC(Cc1c[nH]c2ccccc12)C(=O)NCC(=O)O. The molecule has 3 atom stereocenters. The van der Waals surface area contributed by atoms with Gasteiger partial charge in [0.05, 0.1) is 6.04 Å². The second-order valence-electron chi connectivity index (χ2n) is 8.34. The van der Waals surface area contributed by atoms with E-state index in [9.17, 15) is 28.8 Å². The van der Waals surface area contributed by atoms with Crippen molar-refractivity contribution in [3.8, 4) is 0 Å². The first-order chi connectivity index (χ1) is 17.5. The topological polar surface area (TPSA) is 247 Å². The number of carbonyl (C=O) groups excluding carboxylic acids is 4. The first-order valence-corrected chi connectivity index (χ1v) is 11.4. The lowest BCUT2D eigenvalue weighted by Gasteiger charge is -2.24. The number of fused-ring (bicyclic) bond motifs is 1. The van der Waals surface area contributed by atoms with Crippen LogP contribution in [-0.2, 0) is 35.2 Å². The van der Waals surface area contributed by atoms with Crippen LogP contribution in [0.15, 0.2) is 30.5 Å². The zero-order valence-electron chi connectivity index (χ0n) is 19.9. The van der Waals surface area contributed by atoms with Gasteiger partial charge in [0.25, 0.3) is 0 Å². The number of nitrogens with two attached hydrogens (primary N) is 2. The van der Waals surface area contributed by atoms with Crippen molar-refractivity contribution in [2.24, 2.45) is 11.5 Å². The van der Waals surface area contributed by atoms with Gasteiger partial charge in [-0.1, -0.05) is 18.2 Å². The molecule has 10 N–H and O–H groups in total. The monoisotopic (exact) mass is 518 g/mol. The summed E-state index contributed by atoms with van der Waals surface area (Å²) >= 11 is 0. The number of aromatic amines is 1. The molecule has 0 bridgehead atoms. The van der Waals surface area contributed by atoms with Crippen LogP contribution in [0.1, 0.15) is 31.2 Å². The average Bonchev–Trinajstić information content (AvgIpc) is 3.25. The van der Waals surface area contributed by atoms with Gasteiger partial charge in [0.1, 0.15) is 18.6 Å². The van der Waals surface area contributed by atoms with Crippen LogP contribution < -0.4 is 27.4 Å². The summed E-state index contributed by atoms with van der Waals surface area (Å²) in [5.41, 5.74) is 12.3. The third kappa shape index (κ3) is 9.25. The van der Waals surface area contributed by atoms with Crippen LogP contribution in [0.5, 0.6) is 0 Å². The zero-order chi connectivity index (χ0) is 27.5. The third-order valence-electron chi connectivity index (χ3n) is 5.46. The fourth-order valence-corrected chi connectivity index (χ4v) is 3.53. The average molecular weight is 519 g/mol. The number of nitrogens with one attached hydrogen (secondary N) is 4. The summed E-state index contributed by atoms with van der Waals surface area (Å²) in [6, 6.07) is 3.44. The molecule has 0 aliphatic rings. The van der Waals surface area contributed by atoms with Gasteiger partial charge in [-0.05, 0) is 24.5 Å². The molecule has 14 heteroatoms. The van der Waals surface area contributed by atoms with Crippen molar-refractivity contribution in [2.45, 2.75) is 50.2 Å². The fourth-order valence-electron chi connectivity index (χ4n) is 3.53. The molecule has 2 aromatic rings. The molecule has 0 saturated heterocycles. The Morgan fingerprint density at radius 3 is 2.19 bits per heavy atom. The van der Waals surface area contributed by atoms with Crippen LogP contribution >= 0.6 is 0 Å². The molecule has 0 spiro atoms. The first-order valence-electron chi connectivity index (χ1n) is 11.4. The van der Waals surface area contributed by atoms with E-state index in [0.717, 1.165) is 10.9 Å². The summed E-state index contributed by atoms with van der Waals surface area (Å²) in [6.07, 6.45) is 0.587. The van der Waals surface area contributed by atoms with Crippen molar-refractivity contribution in [1.82, 2.24) is 20.9 Å². The van der Waals surface area contributed by atoms with Gasteiger partial charge in [0, 0.05) is 36.4 Å². The van der Waals surface area contributed by atoms with Crippen molar-refractivity contribution >= 4 is 46.5 Å². The summed E-state index contributed by atoms with van der Waals surface area (Å²) in [5, 5.41) is 25.6. The summed E-state index contributed by atoms with van der Waals surface area (Å²) < 4.78 is 0. The number of hydrogen-bond donors (Lipinski definition) is 8. The van der Waals surface area contributed by atoms with Crippen LogP contribution in [0, 0.1) is 0 Å². The van der Waals surface area contributed by atoms with Gasteiger partial charge >= 0.3 is 11.9 Å². The van der Waals surface area contributed by atoms with Crippen molar-refractivity contribution in [3.05, 3.63) is 36.0 Å². The van der Waals surface area contributed by atoms with E-state index in [1.54, 1.807) is 12.3 Å². The lowest BCUT2D eigenvalue weighted by molar-refractivity contribution is -0.139. The molecule has 0 aliphatic carbocycles. The van der Waals surface area contributed by atoms with Crippen LogP contribution in [0.4, 0.5) is 0 Å². The summed E-state index contributed by atoms with van der Waals surface area (Å²) in [7, 11) is 0. The van der Waals surface area contributed by atoms with E-state index in [1.165, 1.54) is 0 Å². The second kappa shape index (κ2) is 13.6. The lowest BCUT2D eigenvalue weighted by atomic mass is 10.0. The predicted molar refractivity (Wildman–Crippen MR) is 130 cm³/mol. The van der Waals surface area contributed by atoms with Gasteiger partial charge in [0.15, 0.2) is 0 Å². The molecule has 1 aromatic carbocycles. The molecule has 200 valence electrons. The van der Waals surface area contributed by atoms with Crippen LogP contribution in [0.3, 0.4) is 0 Å². The highest BCUT2D eigenvalue weighted by Gasteiger charge is 2.29. The Morgan fingerprint density at radius 2 is 1.54 bits per heavy atom. The summed E-state index contributed by atoms with van der Waals surface area (Å²) in [6.45, 7) is -0.681. The Labute approximate surface area is 211 Å². The van der Waals surface area contributed by atoms with Crippen molar-refractivity contribution in [3.63, 3.8) is 0 Å². The highest BCUT2D eigenvalue weighted by atomic mass is 16.4. The Kier molecular flexibility index (Phi) is 10.6. The largest absolute Gasteiger partial charge is 0.481 e. The Bertz CT molecular complexity index is 1160. The van der Waals surface area contributed by atoms with E-state index in [1.807, 2.05) is 18.2 Å². The zero-order valence-corrected chi connectivity index (χ0v) is 19.9. The third-order valence-corrected chi connectivity index (χ3v) is 5.46. The maximum atomic E-state index is 13.1. The van der Waals surface area contributed by atoms with E-state index < -0.39 is 60.2 Å². The van der Waals surface area contributed by atoms with E-state index in [-0.39, 0.29) is 32.1 Å². The number of carbonyl (C=O) groups is 6. The highest BCUT2D eigenvalue weighted by molar-refractivity contribution is 5.94. The minimum Gasteiger partial charge on any atom is -0.481 e. The molecule has 0 radical (unpaired) electrons. The molecule has 4 amide bonds. The molecule has 3 unspecified atom stereocenters. The summed E-state index contributed by atoms with van der Waals surface area (Å²) in [4.78, 5) is 74.4. The molecule has 0 saturated carbocycles. The standard InChI is InChI=1S/C23H30N6O8/c24-14(5-8-19(31)32)21(35)28-16(6-7-18(25)30)23(37)29-17(22(36)27-11-20(33)34)9-12-10-26-15-4-2-1-3-13(12)15/h1-4,10,14,16-17,26H,5-9,11,24H2,(H2,25,30)(H,27,36)(H,28,35)(H,29,37)(H,31,32)(H,33,34). The van der Waals surface area contributed by atoms with E-state index in [0.29, 0.717) is 5.56 Å². The van der Waals surface area contributed by atoms with Gasteiger partial charge in [-0.25, -0.2) is 0 Å². The Balaban J connectivity index is 2.22. The fraction of sp³-hybridized carbons (Fsp3) is 0.391. The quantitative estimate of drug-likeness (QED) is 0.134. The second-order valence-corrected chi connectivity index (χ2v) is 8.34. The van der Waals surface area contributed by atoms with E-state index in [2.05, 4.69) is 20.9 Å². The minimum absolute atomic E-state index is 0.0180. The molecule has 0 aliphatic heterocycles. The normalized spacial score (nSPS) is 13.2. The number of rotatable bonds is 15. The number of carboxylic acids is 2. The first kappa shape index (κ1) is 28.8. The molecule has 2 rings (SSSR count). The predicted octanol–water partition coefficient (Wildman–Crippen LogP) is -1.66. The van der Waals surface area contributed by atoms with Gasteiger partial charge in [0.2, 0.25) is 23.6 Å². The van der Waals surface area contributed by atoms with Crippen LogP contribution in [0.2, 0.25) is 0 Å². The van der Waals surface area contributed by atoms with Gasteiger partial charge in [-0.2, -0.15) is 0 Å². The molecule has 1 aromatic heterocycles. The maximum Gasteiger partial charge on any atom is 0.322 e. The number of carboxylic acid groups (broad SMARTS) is 2. The minimum atomic E-state index is -1.33. The number of aromatic nitrogens is 1. The Hall–Kier alpha value is -4.46. The Morgan fingerprint density at radius 1 is 0.865 bits per heavy atom. The van der Waals surface area contributed by atoms with Crippen molar-refractivity contribution in [2.75, 3.05) is 6.54 Å². The smallest absolute Gasteiger partial charge is 0.322 e.